The van der Waals surface area contributed by atoms with E-state index in [1.165, 1.54) is 32.4 Å². The second kappa shape index (κ2) is 20.4. The van der Waals surface area contributed by atoms with E-state index in [2.05, 4.69) is 20.0 Å². The standard InChI is InChI=1S/C49H69F2N7O6S/c1-35(59)53(2)34-49(39-10-7-11-40(50)25-39,44-12-8-13-45(44)52-48(61)64-3)38-17-22-55(23-18-38)26-36-27-57(28-36)42-15-16-46(37(24-42)29-56-30-41(51)31-56)65(62,63)43-32-58(33-43)47(60)14-9-21-54-19-5-4-6-20-54/h7,9-11,14-16,24-25,36,38,41,43-45H,4-6,8,12-13,17-23,26-34H2,1-3H3,(H,52,61)/b14-9+/t44-,45-,49-/m0/s1. The molecule has 1 saturated carbocycles. The SMILES string of the molecule is COC(=O)N[C@H]1CCC[C@@H]1[C@](CN(C)C(C)=O)(c1cccc(F)c1)C1CCN(CC2CN(c3ccc(S(=O)(=O)C4CN(C(=O)/C=C/CN5CCCCC5)C4)c(CN4CC(F)C4)c3)C2)CC1. The Morgan fingerprint density at radius 1 is 0.892 bits per heavy atom. The number of rotatable bonds is 16. The molecular weight excluding hydrogens is 853 g/mol. The number of methoxy groups -OCH3 is 1. The summed E-state index contributed by atoms with van der Waals surface area (Å²) in [7, 11) is -0.560. The highest BCUT2D eigenvalue weighted by Crippen LogP contribution is 2.51. The first-order valence-corrected chi connectivity index (χ1v) is 25.5. The van der Waals surface area contributed by atoms with Gasteiger partial charge in [0.25, 0.3) is 0 Å². The first-order chi connectivity index (χ1) is 31.2. The van der Waals surface area contributed by atoms with Gasteiger partial charge in [-0.3, -0.25) is 19.4 Å². The van der Waals surface area contributed by atoms with Gasteiger partial charge in [-0.1, -0.05) is 31.1 Å². The number of hydrogen-bond donors (Lipinski definition) is 1. The average molecular weight is 922 g/mol. The zero-order valence-corrected chi connectivity index (χ0v) is 39.3. The van der Waals surface area contributed by atoms with Crippen molar-refractivity contribution in [3.05, 3.63) is 71.6 Å². The maximum absolute atomic E-state index is 15.1. The Bertz CT molecular complexity index is 2150. The minimum Gasteiger partial charge on any atom is -0.453 e. The van der Waals surface area contributed by atoms with E-state index in [0.29, 0.717) is 24.6 Å². The molecule has 0 bridgehead atoms. The molecule has 5 heterocycles. The maximum atomic E-state index is 15.1. The lowest BCUT2D eigenvalue weighted by Gasteiger charge is -2.52. The average Bonchev–Trinajstić information content (AvgIpc) is 3.71. The van der Waals surface area contributed by atoms with Crippen molar-refractivity contribution < 1.29 is 36.3 Å². The van der Waals surface area contributed by atoms with E-state index < -0.39 is 32.8 Å². The molecule has 3 atom stereocenters. The lowest BCUT2D eigenvalue weighted by atomic mass is 9.58. The lowest BCUT2D eigenvalue weighted by Crippen LogP contribution is -2.58. The summed E-state index contributed by atoms with van der Waals surface area (Å²) in [6.07, 6.45) is 9.93. The largest absolute Gasteiger partial charge is 0.453 e. The molecule has 0 aromatic heterocycles. The molecule has 356 valence electrons. The fourth-order valence-corrected chi connectivity index (χ4v) is 13.7. The predicted octanol–water partition coefficient (Wildman–Crippen LogP) is 5.10. The van der Waals surface area contributed by atoms with Gasteiger partial charge in [0.05, 0.1) is 12.0 Å². The van der Waals surface area contributed by atoms with Crippen molar-refractivity contribution in [1.29, 1.82) is 0 Å². The van der Waals surface area contributed by atoms with Gasteiger partial charge in [-0.25, -0.2) is 22.0 Å². The van der Waals surface area contributed by atoms with Crippen LogP contribution in [0.4, 0.5) is 19.3 Å². The van der Waals surface area contributed by atoms with E-state index in [4.69, 9.17) is 4.74 Å². The number of nitrogens with zero attached hydrogens (tertiary/aromatic N) is 6. The molecule has 6 aliphatic rings. The lowest BCUT2D eigenvalue weighted by molar-refractivity contribution is -0.130. The van der Waals surface area contributed by atoms with Gasteiger partial charge in [0.2, 0.25) is 11.8 Å². The molecule has 65 heavy (non-hydrogen) atoms. The number of alkyl halides is 1. The maximum Gasteiger partial charge on any atom is 0.407 e. The smallest absolute Gasteiger partial charge is 0.407 e. The summed E-state index contributed by atoms with van der Waals surface area (Å²) < 4.78 is 62.3. The topological polar surface area (TPSA) is 126 Å². The number of piperidine rings is 2. The van der Waals surface area contributed by atoms with Gasteiger partial charge < -0.3 is 29.7 Å². The number of likely N-dealkylation sites (tertiary alicyclic amines) is 4. The van der Waals surface area contributed by atoms with Gasteiger partial charge in [0.1, 0.15) is 17.2 Å². The number of alkyl carbamates (subject to hydrolysis) is 1. The van der Waals surface area contributed by atoms with Gasteiger partial charge in [0, 0.05) is 109 Å². The van der Waals surface area contributed by atoms with Crippen molar-refractivity contribution in [3.8, 4) is 0 Å². The van der Waals surface area contributed by atoms with E-state index in [9.17, 15) is 27.2 Å². The Hall–Kier alpha value is -4.12. The van der Waals surface area contributed by atoms with Crippen LogP contribution in [0.2, 0.25) is 0 Å². The molecule has 0 spiro atoms. The number of anilines is 1. The van der Waals surface area contributed by atoms with Crippen LogP contribution in [-0.4, -0.2) is 168 Å². The summed E-state index contributed by atoms with van der Waals surface area (Å²) in [5, 5.41) is 2.42. The van der Waals surface area contributed by atoms with Crippen LogP contribution in [0, 0.1) is 23.6 Å². The summed E-state index contributed by atoms with van der Waals surface area (Å²) in [4.78, 5) is 51.0. The van der Waals surface area contributed by atoms with Crippen LogP contribution >= 0.6 is 0 Å². The molecule has 3 amide bonds. The first-order valence-electron chi connectivity index (χ1n) is 23.9. The van der Waals surface area contributed by atoms with Gasteiger partial charge in [0.15, 0.2) is 9.84 Å². The molecule has 13 nitrogen and oxygen atoms in total. The van der Waals surface area contributed by atoms with Crippen molar-refractivity contribution in [3.63, 3.8) is 0 Å². The summed E-state index contributed by atoms with van der Waals surface area (Å²) in [6.45, 7) is 10.3. The Kier molecular flexibility index (Phi) is 14.9. The van der Waals surface area contributed by atoms with Gasteiger partial charge in [-0.05, 0) is 118 Å². The molecule has 2 aromatic carbocycles. The number of benzene rings is 2. The third-order valence-corrected chi connectivity index (χ3v) is 17.7. The van der Waals surface area contributed by atoms with Crippen LogP contribution in [0.15, 0.2) is 59.5 Å². The Balaban J connectivity index is 0.905. The van der Waals surface area contributed by atoms with Crippen molar-refractivity contribution in [2.75, 3.05) is 104 Å². The molecule has 0 radical (unpaired) electrons. The highest BCUT2D eigenvalue weighted by atomic mass is 32.2. The molecule has 1 N–H and O–H groups in total. The molecule has 8 rings (SSSR count). The van der Waals surface area contributed by atoms with Crippen LogP contribution < -0.4 is 10.2 Å². The number of carbonyl (C=O) groups excluding carboxylic acids is 3. The fourth-order valence-electron chi connectivity index (χ4n) is 11.8. The van der Waals surface area contributed by atoms with E-state index in [1.807, 2.05) is 36.2 Å². The second-order valence-electron chi connectivity index (χ2n) is 19.8. The van der Waals surface area contributed by atoms with E-state index in [-0.39, 0.29) is 66.6 Å². The predicted molar refractivity (Wildman–Crippen MR) is 247 cm³/mol. The van der Waals surface area contributed by atoms with Gasteiger partial charge in [-0.15, -0.1) is 0 Å². The number of hydrogen-bond acceptors (Lipinski definition) is 10. The number of likely N-dealkylation sites (N-methyl/N-ethyl adjacent to an activating group) is 1. The van der Waals surface area contributed by atoms with Crippen LogP contribution in [0.1, 0.15) is 69.4 Å². The van der Waals surface area contributed by atoms with Gasteiger partial charge >= 0.3 is 6.09 Å². The number of amides is 3. The molecule has 6 fully saturated rings. The normalized spacial score (nSPS) is 24.3. The summed E-state index contributed by atoms with van der Waals surface area (Å²) in [5.41, 5.74) is 1.91. The zero-order chi connectivity index (χ0) is 45.9. The van der Waals surface area contributed by atoms with Crippen molar-refractivity contribution >= 4 is 33.4 Å². The number of ether oxygens (including phenoxy) is 1. The number of halogens is 2. The highest BCUT2D eigenvalue weighted by Gasteiger charge is 2.53. The van der Waals surface area contributed by atoms with E-state index in [0.717, 1.165) is 95.7 Å². The quantitative estimate of drug-likeness (QED) is 0.228. The number of carbonyl (C=O) groups is 3. The van der Waals surface area contributed by atoms with Crippen LogP contribution in [0.3, 0.4) is 0 Å². The first kappa shape index (κ1) is 47.4. The summed E-state index contributed by atoms with van der Waals surface area (Å²) in [5.74, 6) is -0.0168. The third-order valence-electron chi connectivity index (χ3n) is 15.5. The Morgan fingerprint density at radius 2 is 1.63 bits per heavy atom. The third kappa shape index (κ3) is 10.6. The minimum atomic E-state index is -3.74. The Morgan fingerprint density at radius 3 is 2.31 bits per heavy atom. The molecule has 5 aliphatic heterocycles. The van der Waals surface area contributed by atoms with Gasteiger partial charge in [-0.2, -0.15) is 0 Å². The molecule has 16 heteroatoms. The van der Waals surface area contributed by atoms with Crippen molar-refractivity contribution in [1.82, 2.24) is 29.8 Å². The number of sulfone groups is 1. The van der Waals surface area contributed by atoms with Crippen LogP contribution in [-0.2, 0) is 36.1 Å². The van der Waals surface area contributed by atoms with Crippen molar-refractivity contribution in [2.45, 2.75) is 92.6 Å². The molecule has 0 unspecified atom stereocenters. The van der Waals surface area contributed by atoms with Crippen LogP contribution in [0.5, 0.6) is 0 Å². The molecule has 5 saturated heterocycles. The summed E-state index contributed by atoms with van der Waals surface area (Å²) >= 11 is 0. The molecule has 1 aliphatic carbocycles. The Labute approximate surface area is 384 Å². The zero-order valence-electron chi connectivity index (χ0n) is 38.5. The van der Waals surface area contributed by atoms with Crippen molar-refractivity contribution in [2.24, 2.45) is 17.8 Å². The number of nitrogens with one attached hydrogen (secondary N) is 1. The highest BCUT2D eigenvalue weighted by molar-refractivity contribution is 7.92. The fraction of sp³-hybridized carbons (Fsp3) is 0.653. The molecule has 2 aromatic rings. The van der Waals surface area contributed by atoms with E-state index in [1.54, 1.807) is 41.0 Å². The van der Waals surface area contributed by atoms with Crippen LogP contribution in [0.25, 0.3) is 0 Å². The molecular formula is C49H69F2N7O6S. The minimum absolute atomic E-state index is 0.0261. The second-order valence-corrected chi connectivity index (χ2v) is 22.0. The monoisotopic (exact) mass is 921 g/mol. The summed E-state index contributed by atoms with van der Waals surface area (Å²) in [6, 6.07) is 12.3. The van der Waals surface area contributed by atoms with E-state index >= 15 is 4.39 Å².